The normalized spacial score (nSPS) is 16.0. The highest BCUT2D eigenvalue weighted by molar-refractivity contribution is 4.81. The molecule has 1 unspecified atom stereocenters. The number of aliphatic hydroxyl groups excluding tert-OH is 1. The number of nitrogens with one attached hydrogen (secondary N) is 1. The number of rotatable bonds is 7. The van der Waals surface area contributed by atoms with Crippen molar-refractivity contribution in [1.82, 2.24) is 5.32 Å². The van der Waals surface area contributed by atoms with E-state index in [9.17, 15) is 0 Å². The van der Waals surface area contributed by atoms with Gasteiger partial charge in [0.1, 0.15) is 0 Å². The molecule has 0 heterocycles. The van der Waals surface area contributed by atoms with Gasteiger partial charge in [0.2, 0.25) is 0 Å². The summed E-state index contributed by atoms with van der Waals surface area (Å²) in [6, 6.07) is 0. The number of hydrogen-bond acceptors (Lipinski definition) is 3. The Bertz CT molecular complexity index is 98.7. The van der Waals surface area contributed by atoms with E-state index in [2.05, 4.69) is 12.2 Å². The minimum absolute atomic E-state index is 0.163. The van der Waals surface area contributed by atoms with Crippen molar-refractivity contribution in [3.05, 3.63) is 0 Å². The van der Waals surface area contributed by atoms with Crippen LogP contribution in [0.1, 0.15) is 26.7 Å². The number of hydrogen-bond donors (Lipinski definition) is 2. The number of aliphatic hydroxyl groups is 1. The predicted octanol–water partition coefficient (Wildman–Crippen LogP) is 0.773. The molecular weight excluding hydrogens is 154 g/mol. The topological polar surface area (TPSA) is 41.5 Å². The molecule has 0 spiro atoms. The molecule has 0 aromatic carbocycles. The second-order valence-corrected chi connectivity index (χ2v) is 3.39. The summed E-state index contributed by atoms with van der Waals surface area (Å²) in [5.74, 6) is 0. The van der Waals surface area contributed by atoms with Crippen LogP contribution in [0.4, 0.5) is 0 Å². The first-order chi connectivity index (χ1) is 5.68. The third kappa shape index (κ3) is 4.70. The first kappa shape index (κ1) is 11.9. The van der Waals surface area contributed by atoms with Crippen molar-refractivity contribution in [2.75, 3.05) is 26.9 Å². The molecule has 0 saturated heterocycles. The van der Waals surface area contributed by atoms with Crippen LogP contribution in [0.3, 0.4) is 0 Å². The maximum Gasteiger partial charge on any atom is 0.0611 e. The van der Waals surface area contributed by atoms with Gasteiger partial charge in [-0.25, -0.2) is 0 Å². The van der Waals surface area contributed by atoms with Crippen LogP contribution in [-0.4, -0.2) is 37.5 Å². The molecule has 3 heteroatoms. The van der Waals surface area contributed by atoms with Crippen LogP contribution in [0.15, 0.2) is 0 Å². The lowest BCUT2D eigenvalue weighted by atomic mass is 9.99. The molecule has 0 aliphatic rings. The summed E-state index contributed by atoms with van der Waals surface area (Å²) in [5, 5.41) is 12.4. The zero-order valence-corrected chi connectivity index (χ0v) is 8.39. The molecule has 0 fully saturated rings. The Morgan fingerprint density at radius 2 is 2.17 bits per heavy atom. The highest BCUT2D eigenvalue weighted by atomic mass is 16.5. The molecule has 0 bridgehead atoms. The SMILES string of the molecule is CCCNC(C)(CO)CCOC. The van der Waals surface area contributed by atoms with Gasteiger partial charge in [-0.05, 0) is 26.3 Å². The van der Waals surface area contributed by atoms with Gasteiger partial charge in [0.05, 0.1) is 6.61 Å². The van der Waals surface area contributed by atoms with Crippen molar-refractivity contribution < 1.29 is 9.84 Å². The monoisotopic (exact) mass is 175 g/mol. The van der Waals surface area contributed by atoms with Crippen LogP contribution in [0, 0.1) is 0 Å². The van der Waals surface area contributed by atoms with E-state index in [-0.39, 0.29) is 12.1 Å². The number of ether oxygens (including phenoxy) is 1. The first-order valence-electron chi connectivity index (χ1n) is 4.53. The molecule has 12 heavy (non-hydrogen) atoms. The Labute approximate surface area is 75.1 Å². The molecule has 0 aromatic rings. The summed E-state index contributed by atoms with van der Waals surface area (Å²) in [6.07, 6.45) is 1.93. The van der Waals surface area contributed by atoms with Crippen LogP contribution in [-0.2, 0) is 4.74 Å². The molecule has 0 saturated carbocycles. The average Bonchev–Trinajstić information content (AvgIpc) is 2.11. The molecule has 3 nitrogen and oxygen atoms in total. The van der Waals surface area contributed by atoms with E-state index in [4.69, 9.17) is 9.84 Å². The molecule has 1 atom stereocenters. The smallest absolute Gasteiger partial charge is 0.0611 e. The van der Waals surface area contributed by atoms with Crippen molar-refractivity contribution in [3.8, 4) is 0 Å². The molecule has 2 N–H and O–H groups in total. The Morgan fingerprint density at radius 1 is 1.50 bits per heavy atom. The molecule has 74 valence electrons. The van der Waals surface area contributed by atoms with Crippen molar-refractivity contribution in [2.45, 2.75) is 32.2 Å². The maximum absolute atomic E-state index is 9.12. The van der Waals surface area contributed by atoms with Gasteiger partial charge >= 0.3 is 0 Å². The summed E-state index contributed by atoms with van der Waals surface area (Å²) in [7, 11) is 1.68. The quantitative estimate of drug-likeness (QED) is 0.600. The van der Waals surface area contributed by atoms with Crippen molar-refractivity contribution in [3.63, 3.8) is 0 Å². The predicted molar refractivity (Wildman–Crippen MR) is 50.3 cm³/mol. The van der Waals surface area contributed by atoms with E-state index in [1.54, 1.807) is 7.11 Å². The fourth-order valence-corrected chi connectivity index (χ4v) is 0.977. The summed E-state index contributed by atoms with van der Waals surface area (Å²) in [4.78, 5) is 0. The Balaban J connectivity index is 3.70. The van der Waals surface area contributed by atoms with Gasteiger partial charge in [-0.1, -0.05) is 6.92 Å². The molecular formula is C9H21NO2. The van der Waals surface area contributed by atoms with Crippen molar-refractivity contribution in [2.24, 2.45) is 0 Å². The minimum atomic E-state index is -0.175. The Kier molecular flexibility index (Phi) is 6.34. The van der Waals surface area contributed by atoms with Crippen LogP contribution in [0.5, 0.6) is 0 Å². The third-order valence-corrected chi connectivity index (χ3v) is 2.01. The zero-order valence-electron chi connectivity index (χ0n) is 8.39. The van der Waals surface area contributed by atoms with Gasteiger partial charge in [-0.15, -0.1) is 0 Å². The Morgan fingerprint density at radius 3 is 2.58 bits per heavy atom. The van der Waals surface area contributed by atoms with Gasteiger partial charge in [-0.3, -0.25) is 0 Å². The largest absolute Gasteiger partial charge is 0.394 e. The van der Waals surface area contributed by atoms with Gasteiger partial charge in [0.25, 0.3) is 0 Å². The van der Waals surface area contributed by atoms with E-state index < -0.39 is 0 Å². The van der Waals surface area contributed by atoms with Crippen LogP contribution in [0.25, 0.3) is 0 Å². The van der Waals surface area contributed by atoms with E-state index in [1.807, 2.05) is 6.92 Å². The van der Waals surface area contributed by atoms with E-state index >= 15 is 0 Å². The fourth-order valence-electron chi connectivity index (χ4n) is 0.977. The summed E-state index contributed by atoms with van der Waals surface area (Å²) < 4.78 is 4.97. The van der Waals surface area contributed by atoms with Crippen molar-refractivity contribution >= 4 is 0 Å². The third-order valence-electron chi connectivity index (χ3n) is 2.01. The molecule has 0 aromatic heterocycles. The van der Waals surface area contributed by atoms with Crippen LogP contribution < -0.4 is 5.32 Å². The van der Waals surface area contributed by atoms with E-state index in [0.29, 0.717) is 6.61 Å². The molecule has 0 aliphatic carbocycles. The second kappa shape index (κ2) is 6.40. The minimum Gasteiger partial charge on any atom is -0.394 e. The highest BCUT2D eigenvalue weighted by Gasteiger charge is 2.21. The molecule has 0 amide bonds. The lowest BCUT2D eigenvalue weighted by molar-refractivity contribution is 0.116. The molecule has 0 rings (SSSR count). The standard InChI is InChI=1S/C9H21NO2/c1-4-6-10-9(2,8-11)5-7-12-3/h10-11H,4-8H2,1-3H3. The fraction of sp³-hybridized carbons (Fsp3) is 1.00. The zero-order chi connectivity index (χ0) is 9.45. The van der Waals surface area contributed by atoms with Gasteiger partial charge in [0.15, 0.2) is 0 Å². The molecule has 0 aliphatic heterocycles. The van der Waals surface area contributed by atoms with E-state index in [1.165, 1.54) is 0 Å². The van der Waals surface area contributed by atoms with Crippen LogP contribution >= 0.6 is 0 Å². The van der Waals surface area contributed by atoms with Crippen molar-refractivity contribution in [1.29, 1.82) is 0 Å². The molecule has 0 radical (unpaired) electrons. The average molecular weight is 175 g/mol. The van der Waals surface area contributed by atoms with E-state index in [0.717, 1.165) is 19.4 Å². The summed E-state index contributed by atoms with van der Waals surface area (Å²) in [5.41, 5.74) is -0.175. The summed E-state index contributed by atoms with van der Waals surface area (Å²) in [6.45, 7) is 5.92. The van der Waals surface area contributed by atoms with Crippen LogP contribution in [0.2, 0.25) is 0 Å². The number of methoxy groups -OCH3 is 1. The highest BCUT2D eigenvalue weighted by Crippen LogP contribution is 2.08. The lowest BCUT2D eigenvalue weighted by Gasteiger charge is -2.28. The summed E-state index contributed by atoms with van der Waals surface area (Å²) >= 11 is 0. The Hall–Kier alpha value is -0.120. The second-order valence-electron chi connectivity index (χ2n) is 3.39. The lowest BCUT2D eigenvalue weighted by Crippen LogP contribution is -2.46. The van der Waals surface area contributed by atoms with Gasteiger partial charge in [0, 0.05) is 19.3 Å². The van der Waals surface area contributed by atoms with Gasteiger partial charge in [-0.2, -0.15) is 0 Å². The van der Waals surface area contributed by atoms with Gasteiger partial charge < -0.3 is 15.2 Å². The maximum atomic E-state index is 9.12. The first-order valence-corrected chi connectivity index (χ1v) is 4.53.